The molecule has 1 rings (SSSR count). The number of carbonyl (C=O) groups excluding carboxylic acids is 1. The zero-order valence-corrected chi connectivity index (χ0v) is 12.9. The van der Waals surface area contributed by atoms with E-state index in [1.807, 2.05) is 31.2 Å². The van der Waals surface area contributed by atoms with Gasteiger partial charge in [0.1, 0.15) is 5.75 Å². The average Bonchev–Trinajstić information content (AvgIpc) is 2.48. The van der Waals surface area contributed by atoms with Gasteiger partial charge in [0, 0.05) is 6.54 Å². The fourth-order valence-corrected chi connectivity index (χ4v) is 2.21. The third-order valence-electron chi connectivity index (χ3n) is 3.53. The number of ether oxygens (including phenoxy) is 1. The van der Waals surface area contributed by atoms with Crippen molar-refractivity contribution in [3.05, 3.63) is 29.8 Å². The van der Waals surface area contributed by atoms with Crippen LogP contribution in [0.1, 0.15) is 56.8 Å². The van der Waals surface area contributed by atoms with Gasteiger partial charge in [-0.2, -0.15) is 0 Å². The van der Waals surface area contributed by atoms with Crippen LogP contribution in [0.15, 0.2) is 24.3 Å². The van der Waals surface area contributed by atoms with Gasteiger partial charge in [0.2, 0.25) is 0 Å². The van der Waals surface area contributed by atoms with Crippen molar-refractivity contribution in [2.24, 2.45) is 5.92 Å². The summed E-state index contributed by atoms with van der Waals surface area (Å²) in [6.07, 6.45) is 4.72. The predicted molar refractivity (Wildman–Crippen MR) is 83.3 cm³/mol. The first-order chi connectivity index (χ1) is 9.72. The number of rotatable bonds is 9. The van der Waals surface area contributed by atoms with Crippen LogP contribution < -0.4 is 10.1 Å². The highest BCUT2D eigenvalue weighted by Crippen LogP contribution is 2.18. The quantitative estimate of drug-likeness (QED) is 0.740. The number of amides is 1. The SMILES string of the molecule is CCCC[C@H](CC)CNC(=O)c1ccccc1OCC. The summed E-state index contributed by atoms with van der Waals surface area (Å²) in [6, 6.07) is 7.41. The first kappa shape index (κ1) is 16.5. The fourth-order valence-electron chi connectivity index (χ4n) is 2.21. The van der Waals surface area contributed by atoms with Crippen LogP contribution in [0.25, 0.3) is 0 Å². The van der Waals surface area contributed by atoms with Gasteiger partial charge < -0.3 is 10.1 Å². The number of unbranched alkanes of at least 4 members (excludes halogenated alkanes) is 1. The van der Waals surface area contributed by atoms with Crippen LogP contribution >= 0.6 is 0 Å². The zero-order valence-electron chi connectivity index (χ0n) is 12.9. The molecule has 0 aliphatic heterocycles. The summed E-state index contributed by atoms with van der Waals surface area (Å²) in [7, 11) is 0. The van der Waals surface area contributed by atoms with Crippen LogP contribution in [0.2, 0.25) is 0 Å². The lowest BCUT2D eigenvalue weighted by atomic mass is 9.99. The maximum absolute atomic E-state index is 12.2. The van der Waals surface area contributed by atoms with Crippen molar-refractivity contribution in [1.29, 1.82) is 0 Å². The van der Waals surface area contributed by atoms with Crippen molar-refractivity contribution in [2.45, 2.75) is 46.5 Å². The molecule has 3 heteroatoms. The lowest BCUT2D eigenvalue weighted by molar-refractivity contribution is 0.0942. The molecule has 0 radical (unpaired) electrons. The van der Waals surface area contributed by atoms with E-state index in [1.54, 1.807) is 0 Å². The molecule has 0 fully saturated rings. The minimum atomic E-state index is -0.0380. The van der Waals surface area contributed by atoms with E-state index < -0.39 is 0 Å². The first-order valence-electron chi connectivity index (χ1n) is 7.72. The van der Waals surface area contributed by atoms with Crippen molar-refractivity contribution in [3.63, 3.8) is 0 Å². The maximum atomic E-state index is 12.2. The Kier molecular flexibility index (Phi) is 7.78. The summed E-state index contributed by atoms with van der Waals surface area (Å²) in [5.41, 5.74) is 0.625. The van der Waals surface area contributed by atoms with E-state index >= 15 is 0 Å². The van der Waals surface area contributed by atoms with Crippen molar-refractivity contribution >= 4 is 5.91 Å². The van der Waals surface area contributed by atoms with E-state index in [2.05, 4.69) is 19.2 Å². The molecule has 0 bridgehead atoms. The zero-order chi connectivity index (χ0) is 14.8. The predicted octanol–water partition coefficient (Wildman–Crippen LogP) is 4.03. The minimum Gasteiger partial charge on any atom is -0.493 e. The molecule has 1 aromatic carbocycles. The summed E-state index contributed by atoms with van der Waals surface area (Å²) in [5, 5.41) is 3.04. The second-order valence-corrected chi connectivity index (χ2v) is 5.06. The molecule has 112 valence electrons. The molecule has 0 unspecified atom stereocenters. The van der Waals surface area contributed by atoms with Gasteiger partial charge in [0.05, 0.1) is 12.2 Å². The van der Waals surface area contributed by atoms with E-state index in [0.717, 1.165) is 13.0 Å². The van der Waals surface area contributed by atoms with Gasteiger partial charge in [0.25, 0.3) is 5.91 Å². The number of nitrogens with one attached hydrogen (secondary N) is 1. The van der Waals surface area contributed by atoms with Gasteiger partial charge in [-0.1, -0.05) is 45.2 Å². The number of benzene rings is 1. The summed E-state index contributed by atoms with van der Waals surface area (Å²) in [6.45, 7) is 7.62. The second kappa shape index (κ2) is 9.40. The summed E-state index contributed by atoms with van der Waals surface area (Å²) in [4.78, 5) is 12.2. The van der Waals surface area contributed by atoms with E-state index in [9.17, 15) is 4.79 Å². The Morgan fingerprint density at radius 3 is 2.65 bits per heavy atom. The van der Waals surface area contributed by atoms with Crippen molar-refractivity contribution < 1.29 is 9.53 Å². The third-order valence-corrected chi connectivity index (χ3v) is 3.53. The normalized spacial score (nSPS) is 11.9. The highest BCUT2D eigenvalue weighted by molar-refractivity contribution is 5.96. The van der Waals surface area contributed by atoms with Gasteiger partial charge in [-0.3, -0.25) is 4.79 Å². The van der Waals surface area contributed by atoms with Crippen LogP contribution in [0.3, 0.4) is 0 Å². The molecule has 0 heterocycles. The first-order valence-corrected chi connectivity index (χ1v) is 7.72. The van der Waals surface area contributed by atoms with Crippen LogP contribution in [0, 0.1) is 5.92 Å². The summed E-state index contributed by atoms with van der Waals surface area (Å²) < 4.78 is 5.50. The number of hydrogen-bond donors (Lipinski definition) is 1. The van der Waals surface area contributed by atoms with Gasteiger partial charge in [-0.25, -0.2) is 0 Å². The highest BCUT2D eigenvalue weighted by atomic mass is 16.5. The monoisotopic (exact) mass is 277 g/mol. The maximum Gasteiger partial charge on any atom is 0.255 e. The van der Waals surface area contributed by atoms with Crippen molar-refractivity contribution in [3.8, 4) is 5.75 Å². The number of hydrogen-bond acceptors (Lipinski definition) is 2. The Morgan fingerprint density at radius 2 is 2.00 bits per heavy atom. The largest absolute Gasteiger partial charge is 0.493 e. The Hall–Kier alpha value is -1.51. The van der Waals surface area contributed by atoms with Gasteiger partial charge in [-0.05, 0) is 31.4 Å². The lowest BCUT2D eigenvalue weighted by Gasteiger charge is -2.16. The standard InChI is InChI=1S/C17H27NO2/c1-4-7-10-14(5-2)13-18-17(19)15-11-8-9-12-16(15)20-6-3/h8-9,11-12,14H,4-7,10,13H2,1-3H3,(H,18,19)/t14-/m0/s1. The molecular formula is C17H27NO2. The van der Waals surface area contributed by atoms with E-state index in [4.69, 9.17) is 4.74 Å². The Bertz CT molecular complexity index is 404. The third kappa shape index (κ3) is 5.24. The second-order valence-electron chi connectivity index (χ2n) is 5.06. The molecule has 1 amide bonds. The Balaban J connectivity index is 2.57. The molecule has 0 saturated heterocycles. The molecule has 1 N–H and O–H groups in total. The lowest BCUT2D eigenvalue weighted by Crippen LogP contribution is -2.29. The van der Waals surface area contributed by atoms with Gasteiger partial charge in [-0.15, -0.1) is 0 Å². The van der Waals surface area contributed by atoms with E-state index in [0.29, 0.717) is 23.8 Å². The molecule has 0 aliphatic carbocycles. The van der Waals surface area contributed by atoms with Crippen LogP contribution in [0.4, 0.5) is 0 Å². The molecule has 0 aromatic heterocycles. The minimum absolute atomic E-state index is 0.0380. The fraction of sp³-hybridized carbons (Fsp3) is 0.588. The molecule has 0 spiro atoms. The number of para-hydroxylation sites is 1. The average molecular weight is 277 g/mol. The van der Waals surface area contributed by atoms with Crippen molar-refractivity contribution in [1.82, 2.24) is 5.32 Å². The van der Waals surface area contributed by atoms with Crippen LogP contribution in [-0.2, 0) is 0 Å². The van der Waals surface area contributed by atoms with Crippen LogP contribution in [-0.4, -0.2) is 19.1 Å². The molecule has 20 heavy (non-hydrogen) atoms. The summed E-state index contributed by atoms with van der Waals surface area (Å²) >= 11 is 0. The smallest absolute Gasteiger partial charge is 0.255 e. The van der Waals surface area contributed by atoms with E-state index in [1.165, 1.54) is 19.3 Å². The molecular weight excluding hydrogens is 250 g/mol. The van der Waals surface area contributed by atoms with Crippen LogP contribution in [0.5, 0.6) is 5.75 Å². The molecule has 0 saturated carbocycles. The molecule has 1 atom stereocenters. The Morgan fingerprint density at radius 1 is 1.25 bits per heavy atom. The van der Waals surface area contributed by atoms with Crippen molar-refractivity contribution in [2.75, 3.05) is 13.2 Å². The van der Waals surface area contributed by atoms with Gasteiger partial charge >= 0.3 is 0 Å². The molecule has 0 aliphatic rings. The van der Waals surface area contributed by atoms with E-state index in [-0.39, 0.29) is 5.91 Å². The summed E-state index contributed by atoms with van der Waals surface area (Å²) in [5.74, 6) is 1.19. The topological polar surface area (TPSA) is 38.3 Å². The highest BCUT2D eigenvalue weighted by Gasteiger charge is 2.13. The van der Waals surface area contributed by atoms with Gasteiger partial charge in [0.15, 0.2) is 0 Å². The Labute approximate surface area is 122 Å². The molecule has 3 nitrogen and oxygen atoms in total. The number of carbonyl (C=O) groups is 1. The molecule has 1 aromatic rings.